The predicted octanol–water partition coefficient (Wildman–Crippen LogP) is 7.34. The van der Waals surface area contributed by atoms with Gasteiger partial charge in [-0.25, -0.2) is 38.7 Å². The summed E-state index contributed by atoms with van der Waals surface area (Å²) < 4.78 is 114. The number of amides is 2. The van der Waals surface area contributed by atoms with Crippen LogP contribution in [-0.2, 0) is 12.4 Å². The van der Waals surface area contributed by atoms with Gasteiger partial charge in [-0.1, -0.05) is 25.4 Å². The number of anilines is 3. The Morgan fingerprint density at radius 3 is 1.66 bits per heavy atom. The molecule has 0 spiro atoms. The summed E-state index contributed by atoms with van der Waals surface area (Å²) in [5.74, 6) is -9.48. The number of piperidine rings is 1. The first-order valence-electron chi connectivity index (χ1n) is 15.1. The smallest absolute Gasteiger partial charge is 0.355 e. The fraction of sp³-hybridized carbons (Fsp3) is 0.273. The third-order valence-corrected chi connectivity index (χ3v) is 8.51. The van der Waals surface area contributed by atoms with Gasteiger partial charge in [0.25, 0.3) is 17.7 Å². The molecule has 5 heterocycles. The Morgan fingerprint density at radius 1 is 0.774 bits per heavy atom. The molecule has 0 N–H and O–H groups in total. The van der Waals surface area contributed by atoms with E-state index in [0.717, 1.165) is 36.7 Å². The molecule has 11 nitrogen and oxygen atoms in total. The molecule has 2 amide bonds. The van der Waals surface area contributed by atoms with Crippen molar-refractivity contribution in [3.63, 3.8) is 0 Å². The zero-order chi connectivity index (χ0) is 39.0. The molecule has 0 unspecified atom stereocenters. The summed E-state index contributed by atoms with van der Waals surface area (Å²) in [6.45, 7) is 1.44. The Morgan fingerprint density at radius 2 is 1.21 bits per heavy atom. The lowest BCUT2D eigenvalue weighted by molar-refractivity contribution is -0.138. The number of nitrogens with zero attached hydrogens (tertiary/aromatic N) is 9. The Kier molecular flexibility index (Phi) is 10.3. The van der Waals surface area contributed by atoms with Crippen LogP contribution in [0.15, 0.2) is 61.2 Å². The minimum absolute atomic E-state index is 0.320. The van der Waals surface area contributed by atoms with E-state index in [1.54, 1.807) is 12.1 Å². The molecule has 0 radical (unpaired) electrons. The first-order valence-corrected chi connectivity index (χ1v) is 15.5. The van der Waals surface area contributed by atoms with E-state index in [1.807, 2.05) is 0 Å². The van der Waals surface area contributed by atoms with Gasteiger partial charge in [0.15, 0.2) is 0 Å². The standard InChI is InChI=1S/C33H22ClF8N9O2/c1-17-15-49(16-18(2)31(17,35)36)28-26(8-20(14-48-28)33(40,41)42)30(53)51(24-4-6-46-22(10-24)12-44)50(23-3-5-45-21(9-23)11-43)29(52)25-7-19(32(37,38)39)13-47-27(25)34/h3-10,13-14,17-18H,15-16H2,1-2H3/t17-,18+. The molecular formula is C33H22ClF8N9O2. The van der Waals surface area contributed by atoms with Gasteiger partial charge in [0, 0.05) is 61.8 Å². The van der Waals surface area contributed by atoms with Gasteiger partial charge in [-0.15, -0.1) is 0 Å². The highest BCUT2D eigenvalue weighted by atomic mass is 35.5. The van der Waals surface area contributed by atoms with Gasteiger partial charge in [-0.3, -0.25) is 9.59 Å². The molecule has 5 rings (SSSR count). The van der Waals surface area contributed by atoms with E-state index in [-0.39, 0.29) is 11.4 Å². The molecule has 274 valence electrons. The highest BCUT2D eigenvalue weighted by Crippen LogP contribution is 2.41. The van der Waals surface area contributed by atoms with Gasteiger partial charge in [0.2, 0.25) is 0 Å². The van der Waals surface area contributed by atoms with E-state index in [4.69, 9.17) is 11.6 Å². The number of rotatable bonds is 5. The number of hydrogen-bond acceptors (Lipinski definition) is 9. The number of carbonyl (C=O) groups is 2. The van der Waals surface area contributed by atoms with E-state index in [0.29, 0.717) is 34.5 Å². The predicted molar refractivity (Wildman–Crippen MR) is 170 cm³/mol. The van der Waals surface area contributed by atoms with Crippen LogP contribution in [0.1, 0.15) is 57.1 Å². The molecule has 4 aromatic rings. The monoisotopic (exact) mass is 763 g/mol. The van der Waals surface area contributed by atoms with Crippen molar-refractivity contribution in [3.05, 3.63) is 100.0 Å². The van der Waals surface area contributed by atoms with Crippen LogP contribution in [0, 0.1) is 34.5 Å². The normalized spacial score (nSPS) is 17.0. The molecule has 53 heavy (non-hydrogen) atoms. The van der Waals surface area contributed by atoms with Crippen LogP contribution in [0.2, 0.25) is 5.15 Å². The lowest BCUT2D eigenvalue weighted by atomic mass is 9.87. The number of alkyl halides is 8. The molecule has 2 atom stereocenters. The van der Waals surface area contributed by atoms with Crippen LogP contribution in [-0.4, -0.2) is 50.8 Å². The molecule has 0 aliphatic carbocycles. The maximum Gasteiger partial charge on any atom is 0.417 e. The molecule has 1 aliphatic rings. The molecule has 1 fully saturated rings. The van der Waals surface area contributed by atoms with E-state index in [9.17, 15) is 55.2 Å². The Hall–Kier alpha value is -5.95. The zero-order valence-electron chi connectivity index (χ0n) is 27.1. The lowest BCUT2D eigenvalue weighted by Gasteiger charge is -2.42. The van der Waals surface area contributed by atoms with Gasteiger partial charge in [-0.05, 0) is 24.3 Å². The maximum absolute atomic E-state index is 14.9. The van der Waals surface area contributed by atoms with Crippen LogP contribution in [0.3, 0.4) is 0 Å². The van der Waals surface area contributed by atoms with Crippen LogP contribution >= 0.6 is 11.6 Å². The van der Waals surface area contributed by atoms with E-state index in [2.05, 4.69) is 19.9 Å². The second kappa shape index (κ2) is 14.2. The highest BCUT2D eigenvalue weighted by Gasteiger charge is 2.48. The van der Waals surface area contributed by atoms with Crippen molar-refractivity contribution < 1.29 is 44.7 Å². The minimum atomic E-state index is -5.11. The number of hydrogen-bond donors (Lipinski definition) is 0. The molecular weight excluding hydrogens is 742 g/mol. The van der Waals surface area contributed by atoms with E-state index < -0.39 is 99.6 Å². The summed E-state index contributed by atoms with van der Waals surface area (Å²) in [7, 11) is 0. The minimum Gasteiger partial charge on any atom is -0.355 e. The third kappa shape index (κ3) is 7.65. The van der Waals surface area contributed by atoms with Crippen molar-refractivity contribution in [1.29, 1.82) is 10.5 Å². The SMILES string of the molecule is C[C@@H]1CN(c2ncc(C(F)(F)F)cc2C(=O)N(c2ccnc(C#N)c2)N(C(=O)c2cc(C(F)(F)F)cnc2Cl)c2ccnc(C#N)c2)C[C@H](C)C1(F)F. The summed E-state index contributed by atoms with van der Waals surface area (Å²) in [6.07, 6.45) is -7.46. The number of aromatic nitrogens is 4. The second-order valence-electron chi connectivity index (χ2n) is 11.8. The molecule has 1 saturated heterocycles. The molecule has 0 aromatic carbocycles. The van der Waals surface area contributed by atoms with E-state index in [1.165, 1.54) is 18.7 Å². The van der Waals surface area contributed by atoms with Gasteiger partial charge in [-0.2, -0.15) is 36.9 Å². The fourth-order valence-electron chi connectivity index (χ4n) is 5.51. The Bertz CT molecular complexity index is 2150. The quantitative estimate of drug-likeness (QED) is 0.116. The maximum atomic E-state index is 14.9. The first kappa shape index (κ1) is 38.3. The van der Waals surface area contributed by atoms with Gasteiger partial charge >= 0.3 is 12.4 Å². The summed E-state index contributed by atoms with van der Waals surface area (Å²) in [5.41, 5.74) is -6.40. The second-order valence-corrected chi connectivity index (χ2v) is 12.1. The van der Waals surface area contributed by atoms with Gasteiger partial charge < -0.3 is 4.90 Å². The number of pyridine rings is 4. The largest absolute Gasteiger partial charge is 0.417 e. The summed E-state index contributed by atoms with van der Waals surface area (Å²) in [6, 6.07) is 8.04. The van der Waals surface area contributed by atoms with Crippen LogP contribution in [0.25, 0.3) is 0 Å². The van der Waals surface area contributed by atoms with Gasteiger partial charge in [0.1, 0.15) is 34.5 Å². The first-order chi connectivity index (χ1) is 24.8. The Labute approximate surface area is 299 Å². The molecule has 0 saturated carbocycles. The fourth-order valence-corrected chi connectivity index (χ4v) is 5.70. The van der Waals surface area contributed by atoms with E-state index >= 15 is 0 Å². The summed E-state index contributed by atoms with van der Waals surface area (Å²) in [4.78, 5) is 45.5. The average Bonchev–Trinajstić information content (AvgIpc) is 3.11. The van der Waals surface area contributed by atoms with Crippen molar-refractivity contribution >= 4 is 40.6 Å². The Balaban J connectivity index is 1.83. The molecule has 4 aromatic heterocycles. The zero-order valence-corrected chi connectivity index (χ0v) is 27.8. The van der Waals surface area contributed by atoms with Crippen molar-refractivity contribution in [1.82, 2.24) is 19.9 Å². The molecule has 0 bridgehead atoms. The summed E-state index contributed by atoms with van der Waals surface area (Å²) in [5, 5.41) is 19.2. The van der Waals surface area contributed by atoms with Crippen molar-refractivity contribution in [2.45, 2.75) is 32.1 Å². The lowest BCUT2D eigenvalue weighted by Crippen LogP contribution is -2.53. The number of hydrazine groups is 1. The van der Waals surface area contributed by atoms with Crippen molar-refractivity contribution in [2.75, 3.05) is 28.0 Å². The average molecular weight is 764 g/mol. The topological polar surface area (TPSA) is 143 Å². The van der Waals surface area contributed by atoms with Crippen molar-refractivity contribution in [2.24, 2.45) is 11.8 Å². The number of nitriles is 2. The molecule has 20 heteroatoms. The number of halogens is 9. The van der Waals surface area contributed by atoms with Crippen molar-refractivity contribution in [3.8, 4) is 12.1 Å². The highest BCUT2D eigenvalue weighted by molar-refractivity contribution is 6.34. The van der Waals surface area contributed by atoms with Crippen LogP contribution < -0.4 is 14.9 Å². The summed E-state index contributed by atoms with van der Waals surface area (Å²) >= 11 is 6.12. The molecule has 1 aliphatic heterocycles. The van der Waals surface area contributed by atoms with Crippen LogP contribution in [0.5, 0.6) is 0 Å². The van der Waals surface area contributed by atoms with Crippen LogP contribution in [0.4, 0.5) is 52.3 Å². The number of carbonyl (C=O) groups excluding carboxylic acids is 2. The van der Waals surface area contributed by atoms with Gasteiger partial charge in [0.05, 0.1) is 33.6 Å². The third-order valence-electron chi connectivity index (χ3n) is 8.21.